The van der Waals surface area contributed by atoms with Crippen LogP contribution in [0.3, 0.4) is 0 Å². The van der Waals surface area contributed by atoms with Crippen LogP contribution in [-0.2, 0) is 10.8 Å². The second kappa shape index (κ2) is 13.6. The molecule has 1 heteroatoms. The Bertz CT molecular complexity index is 3690. The molecule has 11 aliphatic carbocycles. The minimum Gasteiger partial charge on any atom is -0.310 e. The number of nitrogens with zero attached hydrogens (tertiary/aromatic N) is 1. The largest absolute Gasteiger partial charge is 0.310 e. The molecule has 11 aliphatic rings. The summed E-state index contributed by atoms with van der Waals surface area (Å²) < 4.78 is 0. The van der Waals surface area contributed by atoms with E-state index in [0.717, 1.165) is 29.6 Å². The van der Waals surface area contributed by atoms with Crippen molar-refractivity contribution in [2.75, 3.05) is 4.90 Å². The van der Waals surface area contributed by atoms with E-state index in [9.17, 15) is 0 Å². The topological polar surface area (TPSA) is 3.24 Å². The van der Waals surface area contributed by atoms with E-state index in [2.05, 4.69) is 183 Å². The molecular formula is C71H61N. The first kappa shape index (κ1) is 40.1. The van der Waals surface area contributed by atoms with Gasteiger partial charge in [-0.05, 0) is 254 Å². The molecular weight excluding hydrogens is 867 g/mol. The van der Waals surface area contributed by atoms with Crippen LogP contribution in [0.25, 0.3) is 44.5 Å². The van der Waals surface area contributed by atoms with Gasteiger partial charge in [0.1, 0.15) is 0 Å². The standard InChI is InChI=1S/C71H61N/c1-69(2)63-14-8-6-12-53(63)55-22-20-51(32-65(55)69)72(50-18-16-43(17-19-50)42-10-4-3-5-11-42)52-21-23-56-54-13-7-9-15-64(54)71(66(56)33-52)67-36-59-45-27-40-24-41(28-45)26-44(25-40)57(59)34-61(67)62-35-58-46-29-48-31-49-30-47(39-70(48,49)38-46)60(58)37-68(62)71/h3-23,32-37,40-41,44-49H,24-31,38-39H2,1-2H3. The zero-order valence-corrected chi connectivity index (χ0v) is 41.7. The van der Waals surface area contributed by atoms with Crippen LogP contribution in [0.1, 0.15) is 157 Å². The van der Waals surface area contributed by atoms with Crippen LogP contribution in [0.4, 0.5) is 17.1 Å². The minimum atomic E-state index is -0.409. The first-order valence-corrected chi connectivity index (χ1v) is 28.1. The van der Waals surface area contributed by atoms with E-state index >= 15 is 0 Å². The predicted octanol–water partition coefficient (Wildman–Crippen LogP) is 18.3. The van der Waals surface area contributed by atoms with Gasteiger partial charge in [0.05, 0.1) is 5.41 Å². The van der Waals surface area contributed by atoms with E-state index in [1.165, 1.54) is 137 Å². The monoisotopic (exact) mass is 927 g/mol. The van der Waals surface area contributed by atoms with Gasteiger partial charge in [-0.25, -0.2) is 0 Å². The summed E-state index contributed by atoms with van der Waals surface area (Å²) in [5.41, 5.74) is 30.8. The third-order valence-corrected chi connectivity index (χ3v) is 22.4. The number of hydrogen-bond donors (Lipinski definition) is 0. The Morgan fingerprint density at radius 2 is 0.819 bits per heavy atom. The predicted molar refractivity (Wildman–Crippen MR) is 294 cm³/mol. The molecule has 8 aromatic carbocycles. The fourth-order valence-corrected chi connectivity index (χ4v) is 19.6. The summed E-state index contributed by atoms with van der Waals surface area (Å²) in [7, 11) is 0. The van der Waals surface area contributed by atoms with Crippen molar-refractivity contribution in [2.45, 2.75) is 113 Å². The van der Waals surface area contributed by atoms with Crippen LogP contribution in [0.5, 0.6) is 0 Å². The highest BCUT2D eigenvalue weighted by Gasteiger charge is 2.66. The zero-order chi connectivity index (χ0) is 47.0. The summed E-state index contributed by atoms with van der Waals surface area (Å²) in [6, 6.07) is 65.5. The molecule has 0 amide bonds. The summed E-state index contributed by atoms with van der Waals surface area (Å²) >= 11 is 0. The second-order valence-electron chi connectivity index (χ2n) is 25.7. The van der Waals surface area contributed by atoms with Crippen LogP contribution in [-0.4, -0.2) is 0 Å². The molecule has 5 saturated carbocycles. The van der Waals surface area contributed by atoms with Gasteiger partial charge < -0.3 is 4.90 Å². The maximum absolute atomic E-state index is 2.88. The Labute approximate surface area is 425 Å². The van der Waals surface area contributed by atoms with Gasteiger partial charge in [0.15, 0.2) is 0 Å². The molecule has 0 aliphatic heterocycles. The van der Waals surface area contributed by atoms with Crippen molar-refractivity contribution < 1.29 is 0 Å². The summed E-state index contributed by atoms with van der Waals surface area (Å²) in [6.07, 6.45) is 14.3. The molecule has 7 bridgehead atoms. The van der Waals surface area contributed by atoms with E-state index in [0.29, 0.717) is 23.2 Å². The van der Waals surface area contributed by atoms with Gasteiger partial charge in [0, 0.05) is 22.5 Å². The van der Waals surface area contributed by atoms with E-state index in [1.807, 2.05) is 0 Å². The van der Waals surface area contributed by atoms with Crippen LogP contribution in [0.2, 0.25) is 0 Å². The summed E-state index contributed by atoms with van der Waals surface area (Å²) in [6.45, 7) is 4.84. The maximum atomic E-state index is 2.88. The van der Waals surface area contributed by atoms with Crippen molar-refractivity contribution in [3.63, 3.8) is 0 Å². The summed E-state index contributed by atoms with van der Waals surface area (Å²) in [4.78, 5) is 2.59. The molecule has 8 atom stereocenters. The van der Waals surface area contributed by atoms with Gasteiger partial charge in [-0.1, -0.05) is 141 Å². The highest BCUT2D eigenvalue weighted by molar-refractivity contribution is 5.97. The normalized spacial score (nSPS) is 30.6. The SMILES string of the molecule is CC1(C)c2ccccc2-c2ccc(N(c3ccc(-c4ccccc4)cc3)c3ccc4c(c3)C3(c5ccccc5-4)c4cc5c(cc4-c4cc6c(cc43)C3CC4CC7CC6CC74C3)C3CC4CC(C3)CC5C4)cc21. The smallest absolute Gasteiger partial charge is 0.0726 e. The van der Waals surface area contributed by atoms with Crippen molar-refractivity contribution >= 4 is 17.1 Å². The fraction of sp³-hybridized carbons (Fsp3) is 0.324. The molecule has 19 rings (SSSR count). The van der Waals surface area contributed by atoms with Crippen molar-refractivity contribution in [1.29, 1.82) is 0 Å². The molecule has 2 spiro atoms. The van der Waals surface area contributed by atoms with Gasteiger partial charge >= 0.3 is 0 Å². The van der Waals surface area contributed by atoms with Crippen molar-refractivity contribution in [3.05, 3.63) is 219 Å². The first-order valence-electron chi connectivity index (χ1n) is 28.1. The summed E-state index contributed by atoms with van der Waals surface area (Å²) in [5, 5.41) is 0. The van der Waals surface area contributed by atoms with E-state index in [1.54, 1.807) is 44.5 Å². The molecule has 0 radical (unpaired) electrons. The number of fused-ring (bicyclic) bond motifs is 18. The molecule has 72 heavy (non-hydrogen) atoms. The Kier molecular flexibility index (Phi) is 7.56. The lowest BCUT2D eigenvalue weighted by atomic mass is 9.56. The van der Waals surface area contributed by atoms with Crippen molar-refractivity contribution in [1.82, 2.24) is 0 Å². The highest BCUT2D eigenvalue weighted by atomic mass is 15.1. The maximum Gasteiger partial charge on any atom is 0.0726 e. The summed E-state index contributed by atoms with van der Waals surface area (Å²) in [5.74, 6) is 6.52. The minimum absolute atomic E-state index is 0.112. The lowest BCUT2D eigenvalue weighted by Crippen LogP contribution is -2.41. The first-order chi connectivity index (χ1) is 35.3. The second-order valence-corrected chi connectivity index (χ2v) is 25.7. The Morgan fingerprint density at radius 1 is 0.347 bits per heavy atom. The number of anilines is 3. The lowest BCUT2D eigenvalue weighted by molar-refractivity contribution is 0.00322. The molecule has 8 aromatic rings. The molecule has 5 fully saturated rings. The Morgan fingerprint density at radius 3 is 1.47 bits per heavy atom. The third kappa shape index (κ3) is 4.89. The van der Waals surface area contributed by atoms with Gasteiger partial charge in [0.25, 0.3) is 0 Å². The highest BCUT2D eigenvalue weighted by Crippen LogP contribution is 2.77. The van der Waals surface area contributed by atoms with Crippen molar-refractivity contribution in [3.8, 4) is 44.5 Å². The lowest BCUT2D eigenvalue weighted by Gasteiger charge is -2.48. The third-order valence-electron chi connectivity index (χ3n) is 22.4. The average Bonchev–Trinajstić information content (AvgIpc) is 4.09. The Hall–Kier alpha value is -6.44. The Balaban J connectivity index is 0.891. The van der Waals surface area contributed by atoms with Gasteiger partial charge in [-0.2, -0.15) is 0 Å². The van der Waals surface area contributed by atoms with Crippen LogP contribution in [0.15, 0.2) is 164 Å². The van der Waals surface area contributed by atoms with Crippen LogP contribution < -0.4 is 4.90 Å². The number of benzene rings is 8. The van der Waals surface area contributed by atoms with E-state index in [4.69, 9.17) is 0 Å². The number of rotatable bonds is 4. The van der Waals surface area contributed by atoms with Gasteiger partial charge in [-0.15, -0.1) is 0 Å². The quantitative estimate of drug-likeness (QED) is 0.170. The molecule has 0 heterocycles. The molecule has 350 valence electrons. The molecule has 1 nitrogen and oxygen atoms in total. The van der Waals surface area contributed by atoms with Crippen LogP contribution in [0, 0.1) is 29.1 Å². The van der Waals surface area contributed by atoms with Gasteiger partial charge in [0.2, 0.25) is 0 Å². The molecule has 0 saturated heterocycles. The van der Waals surface area contributed by atoms with Crippen LogP contribution >= 0.6 is 0 Å². The van der Waals surface area contributed by atoms with E-state index in [-0.39, 0.29) is 5.41 Å². The zero-order valence-electron chi connectivity index (χ0n) is 41.7. The fourth-order valence-electron chi connectivity index (χ4n) is 19.6. The average molecular weight is 928 g/mol. The van der Waals surface area contributed by atoms with E-state index < -0.39 is 5.41 Å². The molecule has 0 aromatic heterocycles. The molecule has 8 unspecified atom stereocenters. The van der Waals surface area contributed by atoms with Gasteiger partial charge in [-0.3, -0.25) is 0 Å². The number of hydrogen-bond acceptors (Lipinski definition) is 1. The molecule has 0 N–H and O–H groups in total. The van der Waals surface area contributed by atoms with Crippen molar-refractivity contribution in [2.24, 2.45) is 29.1 Å².